The van der Waals surface area contributed by atoms with Gasteiger partial charge in [-0.25, -0.2) is 0 Å². The molecule has 1 aliphatic heterocycles. The van der Waals surface area contributed by atoms with Gasteiger partial charge in [-0.2, -0.15) is 0 Å². The Kier molecular flexibility index (Phi) is 1.90. The van der Waals surface area contributed by atoms with Crippen molar-refractivity contribution >= 4 is 22.0 Å². The molecule has 3 nitrogen and oxygen atoms in total. The van der Waals surface area contributed by atoms with Gasteiger partial charge in [0.1, 0.15) is 4.90 Å². The predicted octanol–water partition coefficient (Wildman–Crippen LogP) is 3.26. The Morgan fingerprint density at radius 3 is 1.95 bits per heavy atom. The van der Waals surface area contributed by atoms with Crippen LogP contribution >= 0.6 is 10.2 Å². The molecule has 9 heteroatoms. The molecule has 1 N–H and O–H groups in total. The molecule has 1 aromatic carbocycles. The van der Waals surface area contributed by atoms with E-state index in [-0.39, 0.29) is 24.1 Å². The first-order chi connectivity index (χ1) is 8.84. The van der Waals surface area contributed by atoms with Crippen molar-refractivity contribution < 1.29 is 29.0 Å². The zero-order chi connectivity index (χ0) is 15.0. The van der Waals surface area contributed by atoms with Gasteiger partial charge >= 0.3 is 10.2 Å². The minimum Gasteiger partial charge on any atom is -0.295 e. The summed E-state index contributed by atoms with van der Waals surface area (Å²) in [5.74, 6) is -1.68. The molecule has 0 aromatic heterocycles. The van der Waals surface area contributed by atoms with E-state index in [9.17, 15) is 29.0 Å². The summed E-state index contributed by atoms with van der Waals surface area (Å²) in [6, 6.07) is 2.20. The topological polar surface area (TPSA) is 46.2 Å². The highest BCUT2D eigenvalue weighted by molar-refractivity contribution is 8.45. The van der Waals surface area contributed by atoms with Crippen molar-refractivity contribution in [3.8, 4) is 0 Å². The van der Waals surface area contributed by atoms with E-state index in [1.807, 2.05) is 0 Å². The molecule has 2 unspecified atom stereocenters. The van der Waals surface area contributed by atoms with Gasteiger partial charge in [-0.05, 0) is 24.1 Å². The maximum absolute atomic E-state index is 12.6. The number of amides is 2. The number of fused-ring (bicyclic) bond motifs is 1. The minimum atomic E-state index is -9.71. The van der Waals surface area contributed by atoms with Gasteiger partial charge in [0.2, 0.25) is 11.8 Å². The third-order valence-electron chi connectivity index (χ3n) is 3.73. The monoisotopic (exact) mass is 313 g/mol. The van der Waals surface area contributed by atoms with Gasteiger partial charge in [0.25, 0.3) is 0 Å². The molecule has 0 spiro atoms. The molecule has 0 radical (unpaired) electrons. The maximum Gasteiger partial charge on any atom is 0.310 e. The average Bonchev–Trinajstić information content (AvgIpc) is 2.97. The van der Waals surface area contributed by atoms with E-state index in [0.717, 1.165) is 12.1 Å². The third kappa shape index (κ3) is 1.72. The molecule has 1 saturated heterocycles. The van der Waals surface area contributed by atoms with Crippen LogP contribution < -0.4 is 5.32 Å². The Bertz CT molecular complexity index is 654. The van der Waals surface area contributed by atoms with E-state index in [4.69, 9.17) is 0 Å². The second kappa shape index (κ2) is 2.85. The van der Waals surface area contributed by atoms with Crippen LogP contribution in [0.5, 0.6) is 0 Å². The average molecular weight is 313 g/mol. The number of rotatable bonds is 2. The van der Waals surface area contributed by atoms with Crippen LogP contribution in [0.25, 0.3) is 0 Å². The molecule has 2 fully saturated rings. The van der Waals surface area contributed by atoms with Crippen LogP contribution in [0.4, 0.5) is 19.4 Å². The highest BCUT2D eigenvalue weighted by Gasteiger charge is 2.70. The molecule has 110 valence electrons. The summed E-state index contributed by atoms with van der Waals surface area (Å²) in [5.41, 5.74) is -1.02. The van der Waals surface area contributed by atoms with Crippen molar-refractivity contribution in [1.82, 2.24) is 5.32 Å². The lowest BCUT2D eigenvalue weighted by Gasteiger charge is -2.40. The molecule has 1 saturated carbocycles. The van der Waals surface area contributed by atoms with E-state index in [1.54, 1.807) is 0 Å². The lowest BCUT2D eigenvalue weighted by molar-refractivity contribution is -0.127. The maximum atomic E-state index is 12.6. The summed E-state index contributed by atoms with van der Waals surface area (Å²) in [6.07, 6.45) is 0.202. The Hall–Kier alpha value is -1.64. The third-order valence-corrected chi connectivity index (χ3v) is 4.90. The van der Waals surface area contributed by atoms with Crippen molar-refractivity contribution in [3.63, 3.8) is 0 Å². The number of benzene rings is 1. The molecule has 0 bridgehead atoms. The van der Waals surface area contributed by atoms with Crippen LogP contribution in [0.1, 0.15) is 12.0 Å². The lowest BCUT2D eigenvalue weighted by atomic mass is 9.94. The van der Waals surface area contributed by atoms with Gasteiger partial charge in [-0.1, -0.05) is 31.6 Å². The van der Waals surface area contributed by atoms with Gasteiger partial charge in [0.05, 0.1) is 11.3 Å². The summed E-state index contributed by atoms with van der Waals surface area (Å²) in [5, 5.41) is 2.07. The number of halogens is 5. The molecular formula is C11H8F5NO2S. The Labute approximate surface area is 109 Å². The number of nitrogens with one attached hydrogen (secondary N) is 1. The first kappa shape index (κ1) is 13.3. The van der Waals surface area contributed by atoms with Gasteiger partial charge in [0, 0.05) is 0 Å². The number of carbonyl (C=O) groups excluding carboxylic acids is 2. The summed E-state index contributed by atoms with van der Waals surface area (Å²) in [7, 11) is -9.71. The van der Waals surface area contributed by atoms with E-state index in [2.05, 4.69) is 5.32 Å². The number of hydrogen-bond donors (Lipinski definition) is 1. The van der Waals surface area contributed by atoms with Crippen LogP contribution in [0.15, 0.2) is 29.2 Å². The van der Waals surface area contributed by atoms with Crippen molar-refractivity contribution in [3.05, 3.63) is 29.8 Å². The molecular weight excluding hydrogens is 305 g/mol. The second-order valence-electron chi connectivity index (χ2n) is 5.04. The SMILES string of the molecule is O=C1NC(=O)C2(c3ccc(S(F)(F)(F)(F)F)cc3)CC12. The van der Waals surface area contributed by atoms with Crippen LogP contribution in [0.2, 0.25) is 0 Å². The van der Waals surface area contributed by atoms with Crippen molar-refractivity contribution in [2.24, 2.45) is 5.92 Å². The minimum absolute atomic E-state index is 0.149. The summed E-state index contributed by atoms with van der Waals surface area (Å²) >= 11 is 0. The summed E-state index contributed by atoms with van der Waals surface area (Å²) in [4.78, 5) is 21.0. The Balaban J connectivity index is 2.02. The van der Waals surface area contributed by atoms with Crippen molar-refractivity contribution in [2.45, 2.75) is 16.7 Å². The van der Waals surface area contributed by atoms with Crippen molar-refractivity contribution in [2.75, 3.05) is 0 Å². The van der Waals surface area contributed by atoms with E-state index >= 15 is 0 Å². The van der Waals surface area contributed by atoms with Crippen molar-refractivity contribution in [1.29, 1.82) is 0 Å². The quantitative estimate of drug-likeness (QED) is 0.673. The van der Waals surface area contributed by atoms with Gasteiger partial charge in [-0.3, -0.25) is 14.9 Å². The molecule has 20 heavy (non-hydrogen) atoms. The van der Waals surface area contributed by atoms with Crippen LogP contribution in [0.3, 0.4) is 0 Å². The zero-order valence-corrected chi connectivity index (χ0v) is 10.5. The van der Waals surface area contributed by atoms with E-state index < -0.39 is 38.3 Å². The number of hydrogen-bond acceptors (Lipinski definition) is 2. The zero-order valence-electron chi connectivity index (χ0n) is 9.71. The van der Waals surface area contributed by atoms with Crippen LogP contribution in [-0.4, -0.2) is 11.8 Å². The predicted molar refractivity (Wildman–Crippen MR) is 60.8 cm³/mol. The van der Waals surface area contributed by atoms with E-state index in [0.29, 0.717) is 0 Å². The largest absolute Gasteiger partial charge is 0.310 e. The fraction of sp³-hybridized carbons (Fsp3) is 0.273. The Morgan fingerprint density at radius 1 is 1.05 bits per heavy atom. The number of imide groups is 1. The smallest absolute Gasteiger partial charge is 0.295 e. The second-order valence-corrected chi connectivity index (χ2v) is 7.45. The highest BCUT2D eigenvalue weighted by Crippen LogP contribution is 3.02. The first-order valence-corrected chi connectivity index (χ1v) is 7.50. The van der Waals surface area contributed by atoms with E-state index in [1.165, 1.54) is 0 Å². The molecule has 2 amide bonds. The van der Waals surface area contributed by atoms with Gasteiger partial charge in [-0.15, -0.1) is 0 Å². The summed E-state index contributed by atoms with van der Waals surface area (Å²) < 4.78 is 62.8. The fourth-order valence-electron chi connectivity index (χ4n) is 2.60. The summed E-state index contributed by atoms with van der Waals surface area (Å²) in [6.45, 7) is 0. The molecule has 2 atom stereocenters. The van der Waals surface area contributed by atoms with Gasteiger partial charge < -0.3 is 0 Å². The lowest BCUT2D eigenvalue weighted by Crippen LogP contribution is -2.30. The molecule has 2 aliphatic rings. The number of carbonyl (C=O) groups is 2. The molecule has 1 aliphatic carbocycles. The van der Waals surface area contributed by atoms with Crippen LogP contribution in [0, 0.1) is 5.92 Å². The first-order valence-electron chi connectivity index (χ1n) is 5.54. The standard InChI is InChI=1S/C11H8F5NO2S/c12-20(13,14,15,16)7-3-1-6(2-4-7)11-5-8(11)9(18)17-10(11)19/h1-4,8H,5H2,(H,17,18,19). The normalized spacial score (nSPS) is 32.1. The molecule has 1 heterocycles. The molecule has 3 rings (SSSR count). The van der Waals surface area contributed by atoms with Gasteiger partial charge in [0.15, 0.2) is 0 Å². The fourth-order valence-corrected chi connectivity index (χ4v) is 3.25. The Morgan fingerprint density at radius 2 is 1.60 bits per heavy atom. The molecule has 1 aromatic rings. The number of piperidine rings is 1. The van der Waals surface area contributed by atoms with Crippen LogP contribution in [-0.2, 0) is 15.0 Å². The highest BCUT2D eigenvalue weighted by atomic mass is 32.5.